The third kappa shape index (κ3) is 6.89. The lowest BCUT2D eigenvalue weighted by molar-refractivity contribution is -0.139. The van der Waals surface area contributed by atoms with Gasteiger partial charge in [-0.05, 0) is 65.8 Å². The molecule has 1 N–H and O–H groups in total. The number of benzene rings is 2. The number of nitrogens with one attached hydrogen (secondary N) is 1. The van der Waals surface area contributed by atoms with Crippen molar-refractivity contribution in [2.45, 2.75) is 33.5 Å². The Morgan fingerprint density at radius 3 is 2.62 bits per heavy atom. The number of likely N-dealkylation sites (N-methyl/N-ethyl adjacent to an activating group) is 1. The summed E-state index contributed by atoms with van der Waals surface area (Å²) >= 11 is 4.67. The Morgan fingerprint density at radius 1 is 1.19 bits per heavy atom. The molecule has 1 saturated heterocycles. The second kappa shape index (κ2) is 11.1. The Bertz CT molecular complexity index is 1390. The van der Waals surface area contributed by atoms with Gasteiger partial charge in [-0.2, -0.15) is 13.2 Å². The molecule has 0 radical (unpaired) electrons. The zero-order valence-electron chi connectivity index (χ0n) is 19.8. The SMILES string of the molecule is COc1cccc(Sc2ncc(S(=O)(=O)Nc3ccc(C(F)(F)F)c(O[C@@H]4CCN(C)C4)c3)cc2Br)c1. The van der Waals surface area contributed by atoms with Gasteiger partial charge >= 0.3 is 6.18 Å². The largest absolute Gasteiger partial charge is 0.497 e. The number of sulfonamides is 1. The van der Waals surface area contributed by atoms with Gasteiger partial charge in [0.1, 0.15) is 27.5 Å². The summed E-state index contributed by atoms with van der Waals surface area (Å²) in [6, 6.07) is 11.6. The first kappa shape index (κ1) is 27.6. The monoisotopic (exact) mass is 617 g/mol. The van der Waals surface area contributed by atoms with Gasteiger partial charge < -0.3 is 14.4 Å². The lowest BCUT2D eigenvalue weighted by Gasteiger charge is -2.19. The molecule has 1 aromatic heterocycles. The Labute approximate surface area is 225 Å². The summed E-state index contributed by atoms with van der Waals surface area (Å²) in [5, 5.41) is 0.527. The first-order chi connectivity index (χ1) is 17.4. The van der Waals surface area contributed by atoms with E-state index in [9.17, 15) is 21.6 Å². The second-order valence-corrected chi connectivity index (χ2v) is 11.9. The van der Waals surface area contributed by atoms with Crippen molar-refractivity contribution in [1.29, 1.82) is 0 Å². The number of ether oxygens (including phenoxy) is 2. The van der Waals surface area contributed by atoms with Crippen LogP contribution >= 0.6 is 27.7 Å². The van der Waals surface area contributed by atoms with Crippen molar-refractivity contribution in [2.24, 2.45) is 0 Å². The molecule has 198 valence electrons. The molecule has 3 aromatic rings. The van der Waals surface area contributed by atoms with E-state index in [-0.39, 0.29) is 10.6 Å². The molecular weight excluding hydrogens is 595 g/mol. The molecule has 0 bridgehead atoms. The van der Waals surface area contributed by atoms with Gasteiger partial charge in [-0.1, -0.05) is 17.8 Å². The average molecular weight is 618 g/mol. The fourth-order valence-corrected chi connectivity index (χ4v) is 6.28. The number of likely N-dealkylation sites (tertiary alicyclic amines) is 1. The van der Waals surface area contributed by atoms with E-state index in [1.54, 1.807) is 13.2 Å². The predicted octanol–water partition coefficient (Wildman–Crippen LogP) is 5.91. The standard InChI is InChI=1S/C24H23BrF3N3O4S2/c1-31-9-8-17(14-31)35-22-10-15(6-7-20(22)24(26,27)28)30-37(32,33)19-12-21(25)23(29-13-19)36-18-5-3-4-16(11-18)34-2/h3-7,10-13,17,30H,8-9,14H2,1-2H3/t17-/m1/s1. The van der Waals surface area contributed by atoms with Crippen LogP contribution < -0.4 is 14.2 Å². The Kier molecular flexibility index (Phi) is 8.26. The smallest absolute Gasteiger partial charge is 0.419 e. The summed E-state index contributed by atoms with van der Waals surface area (Å²) in [5.41, 5.74) is -1.02. The van der Waals surface area contributed by atoms with Crippen molar-refractivity contribution in [3.8, 4) is 11.5 Å². The molecule has 0 unspecified atom stereocenters. The minimum atomic E-state index is -4.65. The van der Waals surface area contributed by atoms with Gasteiger partial charge in [-0.3, -0.25) is 4.72 Å². The van der Waals surface area contributed by atoms with Crippen LogP contribution in [0, 0.1) is 0 Å². The van der Waals surface area contributed by atoms with Crippen LogP contribution in [0.2, 0.25) is 0 Å². The lowest BCUT2D eigenvalue weighted by Crippen LogP contribution is -2.23. The average Bonchev–Trinajstić information content (AvgIpc) is 3.24. The molecule has 0 spiro atoms. The molecule has 37 heavy (non-hydrogen) atoms. The molecule has 1 aliphatic rings. The number of anilines is 1. The predicted molar refractivity (Wildman–Crippen MR) is 138 cm³/mol. The van der Waals surface area contributed by atoms with E-state index in [4.69, 9.17) is 9.47 Å². The minimum Gasteiger partial charge on any atom is -0.497 e. The molecule has 2 heterocycles. The Balaban J connectivity index is 1.55. The Morgan fingerprint density at radius 2 is 1.97 bits per heavy atom. The highest BCUT2D eigenvalue weighted by Crippen LogP contribution is 2.39. The zero-order valence-corrected chi connectivity index (χ0v) is 23.0. The highest BCUT2D eigenvalue weighted by atomic mass is 79.9. The third-order valence-corrected chi connectivity index (χ3v) is 8.75. The quantitative estimate of drug-likeness (QED) is 0.337. The van der Waals surface area contributed by atoms with E-state index >= 15 is 0 Å². The van der Waals surface area contributed by atoms with Crippen molar-refractivity contribution < 1.29 is 31.1 Å². The van der Waals surface area contributed by atoms with Gasteiger partial charge in [-0.25, -0.2) is 13.4 Å². The van der Waals surface area contributed by atoms with Gasteiger partial charge in [0.25, 0.3) is 10.0 Å². The number of hydrogen-bond donors (Lipinski definition) is 1. The summed E-state index contributed by atoms with van der Waals surface area (Å²) in [6.07, 6.45) is -3.31. The summed E-state index contributed by atoms with van der Waals surface area (Å²) in [4.78, 5) is 6.89. The second-order valence-electron chi connectivity index (χ2n) is 8.34. The number of hydrogen-bond acceptors (Lipinski definition) is 7. The molecule has 0 aliphatic carbocycles. The molecular formula is C24H23BrF3N3O4S2. The zero-order chi connectivity index (χ0) is 26.8. The van der Waals surface area contributed by atoms with Crippen LogP contribution in [0.5, 0.6) is 11.5 Å². The normalized spacial score (nSPS) is 16.5. The Hall–Kier alpha value is -2.48. The van der Waals surface area contributed by atoms with Crippen LogP contribution in [-0.4, -0.2) is 51.7 Å². The summed E-state index contributed by atoms with van der Waals surface area (Å²) in [6.45, 7) is 1.18. The van der Waals surface area contributed by atoms with E-state index < -0.39 is 33.6 Å². The molecule has 0 saturated carbocycles. The fraction of sp³-hybridized carbons (Fsp3) is 0.292. The summed E-state index contributed by atoms with van der Waals surface area (Å²) in [7, 11) is -0.742. The van der Waals surface area contributed by atoms with Crippen LogP contribution in [0.15, 0.2) is 74.0 Å². The highest BCUT2D eigenvalue weighted by Gasteiger charge is 2.36. The number of pyridine rings is 1. The van der Waals surface area contributed by atoms with Gasteiger partial charge in [0.2, 0.25) is 0 Å². The van der Waals surface area contributed by atoms with Crippen molar-refractivity contribution in [3.63, 3.8) is 0 Å². The molecule has 4 rings (SSSR count). The number of methoxy groups -OCH3 is 1. The maximum atomic E-state index is 13.6. The van der Waals surface area contributed by atoms with Crippen LogP contribution in [0.25, 0.3) is 0 Å². The van der Waals surface area contributed by atoms with Crippen molar-refractivity contribution in [3.05, 3.63) is 64.8 Å². The number of halogens is 4. The maximum absolute atomic E-state index is 13.6. The van der Waals surface area contributed by atoms with E-state index in [0.29, 0.717) is 34.8 Å². The summed E-state index contributed by atoms with van der Waals surface area (Å²) < 4.78 is 80.4. The lowest BCUT2D eigenvalue weighted by atomic mass is 10.1. The number of alkyl halides is 3. The highest BCUT2D eigenvalue weighted by molar-refractivity contribution is 9.10. The summed E-state index contributed by atoms with van der Waals surface area (Å²) in [5.74, 6) is 0.252. The van der Waals surface area contributed by atoms with Crippen molar-refractivity contribution in [1.82, 2.24) is 9.88 Å². The third-order valence-electron chi connectivity index (χ3n) is 5.53. The van der Waals surface area contributed by atoms with Crippen molar-refractivity contribution in [2.75, 3.05) is 32.0 Å². The molecule has 13 heteroatoms. The van der Waals surface area contributed by atoms with Gasteiger partial charge in [0.05, 0.1) is 22.8 Å². The first-order valence-corrected chi connectivity index (χ1v) is 14.1. The number of nitrogens with zero attached hydrogens (tertiary/aromatic N) is 2. The van der Waals surface area contributed by atoms with E-state index in [1.807, 2.05) is 30.1 Å². The molecule has 2 aromatic carbocycles. The topological polar surface area (TPSA) is 80.8 Å². The fourth-order valence-electron chi connectivity index (χ4n) is 3.71. The van der Waals surface area contributed by atoms with Gasteiger partial charge in [0, 0.05) is 30.2 Å². The maximum Gasteiger partial charge on any atom is 0.419 e. The first-order valence-electron chi connectivity index (χ1n) is 11.0. The molecule has 1 fully saturated rings. The van der Waals surface area contributed by atoms with E-state index in [2.05, 4.69) is 25.6 Å². The molecule has 7 nitrogen and oxygen atoms in total. The number of rotatable bonds is 8. The van der Waals surface area contributed by atoms with Gasteiger partial charge in [-0.15, -0.1) is 0 Å². The van der Waals surface area contributed by atoms with Crippen LogP contribution in [0.4, 0.5) is 18.9 Å². The minimum absolute atomic E-state index is 0.0553. The molecule has 1 atom stereocenters. The molecule has 0 amide bonds. The van der Waals surface area contributed by atoms with E-state index in [0.717, 1.165) is 23.1 Å². The van der Waals surface area contributed by atoms with Crippen LogP contribution in [0.3, 0.4) is 0 Å². The van der Waals surface area contributed by atoms with Crippen LogP contribution in [-0.2, 0) is 16.2 Å². The van der Waals surface area contributed by atoms with E-state index in [1.165, 1.54) is 24.0 Å². The molecule has 1 aliphatic heterocycles. The number of aromatic nitrogens is 1. The van der Waals surface area contributed by atoms with Gasteiger partial charge in [0.15, 0.2) is 0 Å². The van der Waals surface area contributed by atoms with Crippen molar-refractivity contribution >= 4 is 43.4 Å². The van der Waals surface area contributed by atoms with Crippen LogP contribution in [0.1, 0.15) is 12.0 Å².